The molecule has 140 valence electrons. The van der Waals surface area contributed by atoms with Crippen molar-refractivity contribution in [2.24, 2.45) is 4.99 Å². The number of nitrogens with one attached hydrogen (secondary N) is 3. The number of nitrogens with zero attached hydrogens (tertiary/aromatic N) is 1. The molecular weight excluding hydrogens is 344 g/mol. The van der Waals surface area contributed by atoms with Gasteiger partial charge in [-0.2, -0.15) is 0 Å². The fraction of sp³-hybridized carbons (Fsp3) is 0.400. The highest BCUT2D eigenvalue weighted by Crippen LogP contribution is 2.20. The average Bonchev–Trinajstić information content (AvgIpc) is 3.15. The molecule has 0 aliphatic heterocycles. The Balaban J connectivity index is 1.82. The second-order valence-electron chi connectivity index (χ2n) is 6.19. The highest BCUT2D eigenvalue weighted by Gasteiger charge is 2.06. The number of benzene rings is 1. The van der Waals surface area contributed by atoms with Gasteiger partial charge in [0.2, 0.25) is 5.91 Å². The lowest BCUT2D eigenvalue weighted by Gasteiger charge is -2.13. The van der Waals surface area contributed by atoms with Crippen LogP contribution in [0.3, 0.4) is 0 Å². The monoisotopic (exact) mass is 372 g/mol. The molecule has 0 saturated carbocycles. The van der Waals surface area contributed by atoms with Crippen LogP contribution in [0.15, 0.2) is 46.8 Å². The van der Waals surface area contributed by atoms with Gasteiger partial charge in [-0.15, -0.1) is 11.3 Å². The summed E-state index contributed by atoms with van der Waals surface area (Å²) in [5.41, 5.74) is 2.04. The summed E-state index contributed by atoms with van der Waals surface area (Å²) in [7, 11) is 0. The summed E-state index contributed by atoms with van der Waals surface area (Å²) in [5.74, 6) is 1.22. The molecule has 26 heavy (non-hydrogen) atoms. The maximum atomic E-state index is 11.1. The standard InChI is InChI=1S/C20H28N4OS/c1-4-21-20(23-14-15(2)19-6-5-13-26-19)22-12-11-17-7-9-18(10-8-17)24-16(3)25/h5-10,13,15H,4,11-12,14H2,1-3H3,(H,24,25)(H2,21,22,23). The van der Waals surface area contributed by atoms with Gasteiger partial charge in [0.15, 0.2) is 5.96 Å². The summed E-state index contributed by atoms with van der Waals surface area (Å²) in [6.07, 6.45) is 0.894. The van der Waals surface area contributed by atoms with Gasteiger partial charge in [0, 0.05) is 36.5 Å². The Morgan fingerprint density at radius 1 is 1.19 bits per heavy atom. The zero-order valence-corrected chi connectivity index (χ0v) is 16.5. The minimum atomic E-state index is -0.0531. The van der Waals surface area contributed by atoms with Crippen LogP contribution in [0.1, 0.15) is 37.1 Å². The van der Waals surface area contributed by atoms with Crippen LogP contribution in [-0.2, 0) is 11.2 Å². The molecule has 1 aromatic heterocycles. The second kappa shape index (κ2) is 10.6. The predicted molar refractivity (Wildman–Crippen MR) is 111 cm³/mol. The van der Waals surface area contributed by atoms with E-state index in [0.29, 0.717) is 5.92 Å². The predicted octanol–water partition coefficient (Wildman–Crippen LogP) is 3.61. The zero-order valence-electron chi connectivity index (χ0n) is 15.7. The first-order valence-electron chi connectivity index (χ1n) is 9.00. The maximum Gasteiger partial charge on any atom is 0.221 e. The van der Waals surface area contributed by atoms with Crippen molar-refractivity contribution < 1.29 is 4.79 Å². The second-order valence-corrected chi connectivity index (χ2v) is 7.17. The van der Waals surface area contributed by atoms with Crippen molar-refractivity contribution in [2.45, 2.75) is 33.1 Å². The Morgan fingerprint density at radius 3 is 2.58 bits per heavy atom. The molecule has 0 bridgehead atoms. The van der Waals surface area contributed by atoms with E-state index in [1.807, 2.05) is 24.3 Å². The van der Waals surface area contributed by atoms with Crippen molar-refractivity contribution in [3.63, 3.8) is 0 Å². The molecule has 0 fully saturated rings. The van der Waals surface area contributed by atoms with Gasteiger partial charge in [-0.3, -0.25) is 9.79 Å². The molecule has 2 rings (SSSR count). The highest BCUT2D eigenvalue weighted by atomic mass is 32.1. The minimum Gasteiger partial charge on any atom is -0.357 e. The van der Waals surface area contributed by atoms with E-state index in [1.165, 1.54) is 17.4 Å². The van der Waals surface area contributed by atoms with E-state index < -0.39 is 0 Å². The number of anilines is 1. The highest BCUT2D eigenvalue weighted by molar-refractivity contribution is 7.10. The van der Waals surface area contributed by atoms with Crippen LogP contribution in [0.4, 0.5) is 5.69 Å². The lowest BCUT2D eigenvalue weighted by Crippen LogP contribution is -2.38. The molecule has 0 aliphatic rings. The smallest absolute Gasteiger partial charge is 0.221 e. The molecule has 5 nitrogen and oxygen atoms in total. The van der Waals surface area contributed by atoms with Crippen LogP contribution in [0, 0.1) is 0 Å². The number of rotatable bonds is 8. The van der Waals surface area contributed by atoms with Crippen LogP contribution in [0.2, 0.25) is 0 Å². The summed E-state index contributed by atoms with van der Waals surface area (Å²) >= 11 is 1.78. The lowest BCUT2D eigenvalue weighted by molar-refractivity contribution is -0.114. The van der Waals surface area contributed by atoms with E-state index in [0.717, 1.165) is 37.7 Å². The van der Waals surface area contributed by atoms with Gasteiger partial charge in [0.05, 0.1) is 6.54 Å². The van der Waals surface area contributed by atoms with Gasteiger partial charge < -0.3 is 16.0 Å². The minimum absolute atomic E-state index is 0.0531. The molecule has 2 aromatic rings. The molecule has 1 unspecified atom stereocenters. The average molecular weight is 373 g/mol. The molecule has 0 radical (unpaired) electrons. The van der Waals surface area contributed by atoms with Crippen molar-refractivity contribution in [2.75, 3.05) is 25.0 Å². The zero-order chi connectivity index (χ0) is 18.8. The number of aliphatic imine (C=N–C) groups is 1. The number of carbonyl (C=O) groups excluding carboxylic acids is 1. The third-order valence-electron chi connectivity index (χ3n) is 3.88. The summed E-state index contributed by atoms with van der Waals surface area (Å²) in [4.78, 5) is 17.1. The third kappa shape index (κ3) is 6.88. The number of carbonyl (C=O) groups is 1. The molecule has 1 atom stereocenters. The quantitative estimate of drug-likeness (QED) is 0.490. The molecule has 1 amide bonds. The van der Waals surface area contributed by atoms with Crippen molar-refractivity contribution in [1.82, 2.24) is 10.6 Å². The van der Waals surface area contributed by atoms with Gasteiger partial charge in [-0.25, -0.2) is 0 Å². The van der Waals surface area contributed by atoms with Crippen LogP contribution in [0.25, 0.3) is 0 Å². The first-order chi connectivity index (χ1) is 12.6. The van der Waals surface area contributed by atoms with Gasteiger partial charge in [-0.05, 0) is 42.5 Å². The Morgan fingerprint density at radius 2 is 1.96 bits per heavy atom. The molecule has 0 saturated heterocycles. The normalized spacial score (nSPS) is 12.5. The van der Waals surface area contributed by atoms with Gasteiger partial charge in [0.1, 0.15) is 0 Å². The maximum absolute atomic E-state index is 11.1. The molecule has 0 spiro atoms. The van der Waals surface area contributed by atoms with Crippen molar-refractivity contribution >= 4 is 28.9 Å². The Labute approximate surface area is 159 Å². The van der Waals surface area contributed by atoms with E-state index in [9.17, 15) is 4.79 Å². The van der Waals surface area contributed by atoms with Gasteiger partial charge in [0.25, 0.3) is 0 Å². The molecule has 1 aromatic carbocycles. The van der Waals surface area contributed by atoms with Gasteiger partial charge >= 0.3 is 0 Å². The van der Waals surface area contributed by atoms with E-state index in [1.54, 1.807) is 11.3 Å². The molecule has 1 heterocycles. The number of amides is 1. The largest absolute Gasteiger partial charge is 0.357 e. The molecule has 0 aliphatic carbocycles. The summed E-state index contributed by atoms with van der Waals surface area (Å²) in [6, 6.07) is 12.2. The Hall–Kier alpha value is -2.34. The first-order valence-corrected chi connectivity index (χ1v) is 9.88. The lowest BCUT2D eigenvalue weighted by atomic mass is 10.1. The molecule has 6 heteroatoms. The van der Waals surface area contributed by atoms with Crippen LogP contribution >= 0.6 is 11.3 Å². The summed E-state index contributed by atoms with van der Waals surface area (Å²) in [5, 5.41) is 11.6. The first kappa shape index (κ1) is 20.0. The fourth-order valence-corrected chi connectivity index (χ4v) is 3.29. The number of guanidine groups is 1. The summed E-state index contributed by atoms with van der Waals surface area (Å²) < 4.78 is 0. The van der Waals surface area contributed by atoms with E-state index in [-0.39, 0.29) is 5.91 Å². The van der Waals surface area contributed by atoms with E-state index >= 15 is 0 Å². The third-order valence-corrected chi connectivity index (χ3v) is 4.98. The topological polar surface area (TPSA) is 65.5 Å². The SMILES string of the molecule is CCNC(=NCC(C)c1cccs1)NCCc1ccc(NC(C)=O)cc1. The number of hydrogen-bond acceptors (Lipinski definition) is 3. The van der Waals surface area contributed by atoms with Crippen molar-refractivity contribution in [1.29, 1.82) is 0 Å². The summed E-state index contributed by atoms with van der Waals surface area (Å²) in [6.45, 7) is 8.19. The van der Waals surface area contributed by atoms with E-state index in [2.05, 4.69) is 47.3 Å². The van der Waals surface area contributed by atoms with Crippen LogP contribution in [-0.4, -0.2) is 31.5 Å². The number of thiophene rings is 1. The van der Waals surface area contributed by atoms with Crippen molar-refractivity contribution in [3.8, 4) is 0 Å². The van der Waals surface area contributed by atoms with Crippen molar-refractivity contribution in [3.05, 3.63) is 52.2 Å². The Kier molecular flexibility index (Phi) is 8.15. The molecule has 3 N–H and O–H groups in total. The molecular formula is C20H28N4OS. The van der Waals surface area contributed by atoms with E-state index in [4.69, 9.17) is 4.99 Å². The number of hydrogen-bond donors (Lipinski definition) is 3. The van der Waals surface area contributed by atoms with Crippen LogP contribution in [0.5, 0.6) is 0 Å². The Bertz CT molecular complexity index is 695. The van der Waals surface area contributed by atoms with Gasteiger partial charge in [-0.1, -0.05) is 25.1 Å². The fourth-order valence-electron chi connectivity index (χ4n) is 2.51. The van der Waals surface area contributed by atoms with Crippen LogP contribution < -0.4 is 16.0 Å².